The molecule has 1 aliphatic heterocycles. The summed E-state index contributed by atoms with van der Waals surface area (Å²) >= 11 is 0. The van der Waals surface area contributed by atoms with Gasteiger partial charge in [-0.2, -0.15) is 0 Å². The van der Waals surface area contributed by atoms with Gasteiger partial charge in [-0.15, -0.1) is 0 Å². The Kier molecular flexibility index (Phi) is 3.94. The molecule has 0 aliphatic carbocycles. The number of fused-ring (bicyclic) bond motifs is 2. The molecule has 138 valence electrons. The lowest BCUT2D eigenvalue weighted by Gasteiger charge is -2.18. The number of nitrogens with one attached hydrogen (secondary N) is 2. The molecular weight excluding hydrogens is 354 g/mol. The molecule has 1 amide bonds. The van der Waals surface area contributed by atoms with Crippen LogP contribution in [-0.2, 0) is 0 Å². The number of rotatable bonds is 3. The highest BCUT2D eigenvalue weighted by Crippen LogP contribution is 2.31. The minimum atomic E-state index is -0.200. The van der Waals surface area contributed by atoms with Gasteiger partial charge >= 0.3 is 0 Å². The number of benzene rings is 3. The first-order valence-corrected chi connectivity index (χ1v) is 9.02. The molecule has 0 unspecified atom stereocenters. The number of hydrogen-bond donors (Lipinski definition) is 2. The Morgan fingerprint density at radius 1 is 0.929 bits per heavy atom. The quantitative estimate of drug-likeness (QED) is 0.564. The van der Waals surface area contributed by atoms with Gasteiger partial charge in [-0.05, 0) is 54.6 Å². The molecule has 1 aromatic heterocycles. The lowest BCUT2D eigenvalue weighted by Crippen LogP contribution is -2.17. The van der Waals surface area contributed by atoms with E-state index in [9.17, 15) is 4.79 Å². The van der Waals surface area contributed by atoms with Crippen molar-refractivity contribution in [3.05, 3.63) is 72.3 Å². The maximum Gasteiger partial charge on any atom is 0.255 e. The Morgan fingerprint density at radius 2 is 1.71 bits per heavy atom. The van der Waals surface area contributed by atoms with Gasteiger partial charge in [-0.1, -0.05) is 12.1 Å². The summed E-state index contributed by atoms with van der Waals surface area (Å²) < 4.78 is 11.0. The number of hydrogen-bond acceptors (Lipinski definition) is 4. The number of para-hydroxylation sites is 2. The fourth-order valence-electron chi connectivity index (χ4n) is 3.19. The molecule has 2 N–H and O–H groups in total. The first-order valence-electron chi connectivity index (χ1n) is 9.02. The molecule has 5 rings (SSSR count). The molecule has 28 heavy (non-hydrogen) atoms. The normalized spacial score (nSPS) is 12.7. The van der Waals surface area contributed by atoms with Gasteiger partial charge in [0.05, 0.1) is 11.0 Å². The molecule has 2 heterocycles. The zero-order chi connectivity index (χ0) is 18.9. The predicted octanol–water partition coefficient (Wildman–Crippen LogP) is 4.25. The molecule has 3 aromatic carbocycles. The van der Waals surface area contributed by atoms with Crippen LogP contribution >= 0.6 is 0 Å². The highest BCUT2D eigenvalue weighted by Gasteiger charge is 2.15. The van der Waals surface area contributed by atoms with E-state index in [0.29, 0.717) is 36.0 Å². The van der Waals surface area contributed by atoms with Crippen LogP contribution in [-0.4, -0.2) is 29.1 Å². The molecule has 0 bridgehead atoms. The van der Waals surface area contributed by atoms with E-state index in [1.54, 1.807) is 18.2 Å². The van der Waals surface area contributed by atoms with Gasteiger partial charge in [0.2, 0.25) is 0 Å². The summed E-state index contributed by atoms with van der Waals surface area (Å²) in [5, 5.41) is 2.90. The summed E-state index contributed by atoms with van der Waals surface area (Å²) in [6.07, 6.45) is 0. The van der Waals surface area contributed by atoms with Crippen molar-refractivity contribution in [2.24, 2.45) is 0 Å². The number of aromatic nitrogens is 2. The number of imidazole rings is 1. The third-order valence-electron chi connectivity index (χ3n) is 4.61. The van der Waals surface area contributed by atoms with E-state index in [0.717, 1.165) is 22.4 Å². The maximum atomic E-state index is 12.5. The largest absolute Gasteiger partial charge is 0.486 e. The number of ether oxygens (including phenoxy) is 2. The van der Waals surface area contributed by atoms with Crippen LogP contribution < -0.4 is 14.8 Å². The highest BCUT2D eigenvalue weighted by atomic mass is 16.6. The second-order valence-corrected chi connectivity index (χ2v) is 6.49. The van der Waals surface area contributed by atoms with E-state index >= 15 is 0 Å². The number of aromatic amines is 1. The van der Waals surface area contributed by atoms with Crippen LogP contribution in [0.3, 0.4) is 0 Å². The van der Waals surface area contributed by atoms with Crippen LogP contribution in [0, 0.1) is 0 Å². The molecule has 0 saturated carbocycles. The van der Waals surface area contributed by atoms with Gasteiger partial charge < -0.3 is 19.8 Å². The second-order valence-electron chi connectivity index (χ2n) is 6.49. The summed E-state index contributed by atoms with van der Waals surface area (Å²) in [5.74, 6) is 1.86. The average molecular weight is 371 g/mol. The number of anilines is 1. The topological polar surface area (TPSA) is 76.2 Å². The number of carbonyl (C=O) groups is 1. The Bertz CT molecular complexity index is 1130. The van der Waals surface area contributed by atoms with E-state index in [4.69, 9.17) is 9.47 Å². The van der Waals surface area contributed by atoms with Crippen molar-refractivity contribution in [1.82, 2.24) is 9.97 Å². The molecule has 0 radical (unpaired) electrons. The third-order valence-corrected chi connectivity index (χ3v) is 4.61. The number of carbonyl (C=O) groups excluding carboxylic acids is 1. The number of amides is 1. The van der Waals surface area contributed by atoms with Gasteiger partial charge in [-0.3, -0.25) is 4.79 Å². The van der Waals surface area contributed by atoms with E-state index in [2.05, 4.69) is 15.3 Å². The molecular formula is C22H17N3O3. The first-order chi connectivity index (χ1) is 13.8. The van der Waals surface area contributed by atoms with Crippen LogP contribution in [0.1, 0.15) is 10.4 Å². The Morgan fingerprint density at radius 3 is 2.54 bits per heavy atom. The standard InChI is InChI=1S/C22H17N3O3/c26-22(15-7-10-19-20(13-15)28-12-11-27-19)23-16-8-5-14(6-9-16)21-24-17-3-1-2-4-18(17)25-21/h1-10,13H,11-12H2,(H,23,26)(H,24,25). The SMILES string of the molecule is O=C(Nc1ccc(-c2nc3ccccc3[nH]2)cc1)c1ccc2c(c1)OCCO2. The minimum absolute atomic E-state index is 0.200. The molecule has 0 spiro atoms. The molecule has 0 fully saturated rings. The third kappa shape index (κ3) is 3.05. The van der Waals surface area contributed by atoms with Gasteiger partial charge in [0.25, 0.3) is 5.91 Å². The van der Waals surface area contributed by atoms with E-state index < -0.39 is 0 Å². The van der Waals surface area contributed by atoms with Gasteiger partial charge in [0, 0.05) is 16.8 Å². The van der Waals surface area contributed by atoms with Crippen molar-refractivity contribution in [2.45, 2.75) is 0 Å². The Balaban J connectivity index is 1.34. The summed E-state index contributed by atoms with van der Waals surface area (Å²) in [6, 6.07) is 20.7. The number of nitrogens with zero attached hydrogens (tertiary/aromatic N) is 1. The molecule has 6 heteroatoms. The summed E-state index contributed by atoms with van der Waals surface area (Å²) in [6.45, 7) is 1.01. The molecule has 4 aromatic rings. The van der Waals surface area contributed by atoms with E-state index in [-0.39, 0.29) is 5.91 Å². The fraction of sp³-hybridized carbons (Fsp3) is 0.0909. The lowest BCUT2D eigenvalue weighted by atomic mass is 10.1. The van der Waals surface area contributed by atoms with Crippen LogP contribution in [0.25, 0.3) is 22.4 Å². The molecule has 6 nitrogen and oxygen atoms in total. The summed E-state index contributed by atoms with van der Waals surface area (Å²) in [4.78, 5) is 20.4. The molecule has 0 atom stereocenters. The molecule has 0 saturated heterocycles. The first kappa shape index (κ1) is 16.4. The smallest absolute Gasteiger partial charge is 0.255 e. The van der Waals surface area contributed by atoms with Crippen LogP contribution in [0.15, 0.2) is 66.7 Å². The van der Waals surface area contributed by atoms with Crippen molar-refractivity contribution < 1.29 is 14.3 Å². The fourth-order valence-corrected chi connectivity index (χ4v) is 3.19. The van der Waals surface area contributed by atoms with Crippen molar-refractivity contribution >= 4 is 22.6 Å². The van der Waals surface area contributed by atoms with Gasteiger partial charge in [0.15, 0.2) is 11.5 Å². The summed E-state index contributed by atoms with van der Waals surface area (Å²) in [7, 11) is 0. The Hall–Kier alpha value is -3.80. The zero-order valence-corrected chi connectivity index (χ0v) is 14.9. The van der Waals surface area contributed by atoms with Crippen molar-refractivity contribution in [1.29, 1.82) is 0 Å². The van der Waals surface area contributed by atoms with Crippen molar-refractivity contribution in [3.63, 3.8) is 0 Å². The highest BCUT2D eigenvalue weighted by molar-refractivity contribution is 6.04. The van der Waals surface area contributed by atoms with Crippen molar-refractivity contribution in [3.8, 4) is 22.9 Å². The number of H-pyrrole nitrogens is 1. The summed E-state index contributed by atoms with van der Waals surface area (Å²) in [5.41, 5.74) is 4.10. The van der Waals surface area contributed by atoms with Crippen LogP contribution in [0.2, 0.25) is 0 Å². The van der Waals surface area contributed by atoms with Crippen LogP contribution in [0.4, 0.5) is 5.69 Å². The second kappa shape index (κ2) is 6.74. The Labute approximate surface area is 161 Å². The molecule has 1 aliphatic rings. The monoisotopic (exact) mass is 371 g/mol. The maximum absolute atomic E-state index is 12.5. The minimum Gasteiger partial charge on any atom is -0.486 e. The average Bonchev–Trinajstić information content (AvgIpc) is 3.18. The van der Waals surface area contributed by atoms with E-state index in [1.807, 2.05) is 48.5 Å². The van der Waals surface area contributed by atoms with E-state index in [1.165, 1.54) is 0 Å². The van der Waals surface area contributed by atoms with Gasteiger partial charge in [0.1, 0.15) is 19.0 Å². The van der Waals surface area contributed by atoms with Gasteiger partial charge in [-0.25, -0.2) is 4.98 Å². The van der Waals surface area contributed by atoms with Crippen molar-refractivity contribution in [2.75, 3.05) is 18.5 Å². The zero-order valence-electron chi connectivity index (χ0n) is 14.9. The lowest BCUT2D eigenvalue weighted by molar-refractivity contribution is 0.102. The van der Waals surface area contributed by atoms with Crippen LogP contribution in [0.5, 0.6) is 11.5 Å². The predicted molar refractivity (Wildman–Crippen MR) is 107 cm³/mol.